The van der Waals surface area contributed by atoms with Gasteiger partial charge in [-0.3, -0.25) is 10.9 Å². The van der Waals surface area contributed by atoms with Gasteiger partial charge in [0.05, 0.1) is 7.11 Å². The predicted octanol–water partition coefficient (Wildman–Crippen LogP) is 2.01. The SMILES string of the molecule is COc1ccc(C(C)C)cc1C1CNNC1. The second-order valence-corrected chi connectivity index (χ2v) is 4.61. The third kappa shape index (κ3) is 2.20. The average molecular weight is 220 g/mol. The first-order valence-electron chi connectivity index (χ1n) is 5.86. The first-order valence-corrected chi connectivity index (χ1v) is 5.86. The van der Waals surface area contributed by atoms with Crippen LogP contribution in [-0.2, 0) is 0 Å². The van der Waals surface area contributed by atoms with Crippen molar-refractivity contribution in [2.75, 3.05) is 20.2 Å². The van der Waals surface area contributed by atoms with E-state index >= 15 is 0 Å². The van der Waals surface area contributed by atoms with E-state index in [0.29, 0.717) is 11.8 Å². The highest BCUT2D eigenvalue weighted by atomic mass is 16.5. The van der Waals surface area contributed by atoms with Crippen molar-refractivity contribution in [3.8, 4) is 5.75 Å². The van der Waals surface area contributed by atoms with E-state index in [4.69, 9.17) is 4.74 Å². The van der Waals surface area contributed by atoms with E-state index in [9.17, 15) is 0 Å². The molecule has 16 heavy (non-hydrogen) atoms. The molecule has 0 atom stereocenters. The molecule has 3 nitrogen and oxygen atoms in total. The van der Waals surface area contributed by atoms with Crippen LogP contribution < -0.4 is 15.6 Å². The van der Waals surface area contributed by atoms with Crippen molar-refractivity contribution in [3.05, 3.63) is 29.3 Å². The van der Waals surface area contributed by atoms with Crippen molar-refractivity contribution in [2.45, 2.75) is 25.7 Å². The van der Waals surface area contributed by atoms with E-state index in [1.807, 2.05) is 0 Å². The Hall–Kier alpha value is -1.06. The largest absolute Gasteiger partial charge is 0.496 e. The van der Waals surface area contributed by atoms with E-state index in [1.54, 1.807) is 7.11 Å². The van der Waals surface area contributed by atoms with Gasteiger partial charge in [-0.25, -0.2) is 0 Å². The lowest BCUT2D eigenvalue weighted by molar-refractivity contribution is 0.406. The second-order valence-electron chi connectivity index (χ2n) is 4.61. The molecule has 1 aliphatic heterocycles. The maximum atomic E-state index is 5.44. The molecule has 0 amide bonds. The lowest BCUT2D eigenvalue weighted by Crippen LogP contribution is -2.21. The fourth-order valence-corrected chi connectivity index (χ4v) is 2.11. The van der Waals surface area contributed by atoms with Gasteiger partial charge in [0, 0.05) is 24.6 Å². The summed E-state index contributed by atoms with van der Waals surface area (Å²) < 4.78 is 5.44. The van der Waals surface area contributed by atoms with E-state index < -0.39 is 0 Å². The fraction of sp³-hybridized carbons (Fsp3) is 0.538. The van der Waals surface area contributed by atoms with Crippen molar-refractivity contribution in [2.24, 2.45) is 0 Å². The molecular weight excluding hydrogens is 200 g/mol. The van der Waals surface area contributed by atoms with Gasteiger partial charge < -0.3 is 4.74 Å². The molecule has 1 fully saturated rings. The zero-order valence-electron chi connectivity index (χ0n) is 10.2. The minimum atomic E-state index is 0.508. The molecule has 0 spiro atoms. The maximum absolute atomic E-state index is 5.44. The molecular formula is C13H20N2O. The monoisotopic (exact) mass is 220 g/mol. The molecule has 0 aliphatic carbocycles. The van der Waals surface area contributed by atoms with Crippen LogP contribution in [0.5, 0.6) is 5.75 Å². The number of nitrogens with one attached hydrogen (secondary N) is 2. The number of hydrogen-bond acceptors (Lipinski definition) is 3. The number of hydrogen-bond donors (Lipinski definition) is 2. The van der Waals surface area contributed by atoms with Crippen LogP contribution >= 0.6 is 0 Å². The zero-order chi connectivity index (χ0) is 11.5. The fourth-order valence-electron chi connectivity index (χ4n) is 2.11. The Kier molecular flexibility index (Phi) is 3.46. The van der Waals surface area contributed by atoms with E-state index in [0.717, 1.165) is 18.8 Å². The third-order valence-electron chi connectivity index (χ3n) is 3.18. The Labute approximate surface area is 97.2 Å². The van der Waals surface area contributed by atoms with Crippen LogP contribution in [0.3, 0.4) is 0 Å². The van der Waals surface area contributed by atoms with Crippen molar-refractivity contribution in [1.29, 1.82) is 0 Å². The summed E-state index contributed by atoms with van der Waals surface area (Å²) in [5, 5.41) is 0. The van der Waals surface area contributed by atoms with Gasteiger partial charge in [-0.2, -0.15) is 0 Å². The molecule has 0 bridgehead atoms. The van der Waals surface area contributed by atoms with Gasteiger partial charge in [0.1, 0.15) is 5.75 Å². The molecule has 88 valence electrons. The van der Waals surface area contributed by atoms with Crippen molar-refractivity contribution < 1.29 is 4.74 Å². The molecule has 0 unspecified atom stereocenters. The van der Waals surface area contributed by atoms with Gasteiger partial charge in [-0.15, -0.1) is 0 Å². The topological polar surface area (TPSA) is 33.3 Å². The van der Waals surface area contributed by atoms with Gasteiger partial charge in [0.15, 0.2) is 0 Å². The summed E-state index contributed by atoms with van der Waals surface area (Å²) in [5.74, 6) is 2.07. The Morgan fingerprint density at radius 3 is 2.50 bits per heavy atom. The van der Waals surface area contributed by atoms with Crippen LogP contribution in [0.2, 0.25) is 0 Å². The Balaban J connectivity index is 2.34. The summed E-state index contributed by atoms with van der Waals surface area (Å²) in [6, 6.07) is 6.52. The van der Waals surface area contributed by atoms with Crippen LogP contribution in [0.4, 0.5) is 0 Å². The molecule has 1 aromatic rings. The minimum absolute atomic E-state index is 0.508. The molecule has 1 aliphatic rings. The lowest BCUT2D eigenvalue weighted by atomic mass is 9.93. The minimum Gasteiger partial charge on any atom is -0.496 e. The van der Waals surface area contributed by atoms with Crippen LogP contribution in [0.1, 0.15) is 36.8 Å². The second kappa shape index (κ2) is 4.85. The highest BCUT2D eigenvalue weighted by Crippen LogP contribution is 2.30. The van der Waals surface area contributed by atoms with Gasteiger partial charge in [0.25, 0.3) is 0 Å². The van der Waals surface area contributed by atoms with Crippen LogP contribution in [0.25, 0.3) is 0 Å². The summed E-state index contributed by atoms with van der Waals surface area (Å²) in [7, 11) is 1.74. The van der Waals surface area contributed by atoms with Crippen LogP contribution in [-0.4, -0.2) is 20.2 Å². The van der Waals surface area contributed by atoms with Gasteiger partial charge in [-0.05, 0) is 17.5 Å². The van der Waals surface area contributed by atoms with Gasteiger partial charge in [0.2, 0.25) is 0 Å². The Bertz CT molecular complexity index is 357. The molecule has 1 heterocycles. The van der Waals surface area contributed by atoms with E-state index in [-0.39, 0.29) is 0 Å². The predicted molar refractivity (Wildman–Crippen MR) is 65.8 cm³/mol. The summed E-state index contributed by atoms with van der Waals surface area (Å²) >= 11 is 0. The molecule has 3 heteroatoms. The molecule has 0 saturated carbocycles. The molecule has 2 rings (SSSR count). The summed E-state index contributed by atoms with van der Waals surface area (Å²) in [4.78, 5) is 0. The summed E-state index contributed by atoms with van der Waals surface area (Å²) in [5.41, 5.74) is 9.02. The highest BCUT2D eigenvalue weighted by molar-refractivity contribution is 5.41. The van der Waals surface area contributed by atoms with Crippen molar-refractivity contribution in [1.82, 2.24) is 10.9 Å². The van der Waals surface area contributed by atoms with E-state index in [2.05, 4.69) is 42.9 Å². The maximum Gasteiger partial charge on any atom is 0.122 e. The molecule has 0 aromatic heterocycles. The highest BCUT2D eigenvalue weighted by Gasteiger charge is 2.20. The number of rotatable bonds is 3. The smallest absolute Gasteiger partial charge is 0.122 e. The average Bonchev–Trinajstić information content (AvgIpc) is 2.81. The normalized spacial score (nSPS) is 17.0. The summed E-state index contributed by atoms with van der Waals surface area (Å²) in [6.07, 6.45) is 0. The van der Waals surface area contributed by atoms with E-state index in [1.165, 1.54) is 11.1 Å². The van der Waals surface area contributed by atoms with Crippen molar-refractivity contribution in [3.63, 3.8) is 0 Å². The number of benzene rings is 1. The molecule has 2 N–H and O–H groups in total. The molecule has 0 radical (unpaired) electrons. The van der Waals surface area contributed by atoms with Crippen LogP contribution in [0.15, 0.2) is 18.2 Å². The Morgan fingerprint density at radius 2 is 1.94 bits per heavy atom. The number of methoxy groups -OCH3 is 1. The zero-order valence-corrected chi connectivity index (χ0v) is 10.2. The molecule has 1 aromatic carbocycles. The first-order chi connectivity index (χ1) is 7.72. The van der Waals surface area contributed by atoms with Gasteiger partial charge >= 0.3 is 0 Å². The first kappa shape index (κ1) is 11.4. The third-order valence-corrected chi connectivity index (χ3v) is 3.18. The summed E-state index contributed by atoms with van der Waals surface area (Å²) in [6.45, 7) is 6.38. The standard InChI is InChI=1S/C13H20N2O/c1-9(2)10-4-5-13(16-3)12(6-10)11-7-14-15-8-11/h4-6,9,11,14-15H,7-8H2,1-3H3. The van der Waals surface area contributed by atoms with Crippen molar-refractivity contribution >= 4 is 0 Å². The quantitative estimate of drug-likeness (QED) is 0.817. The lowest BCUT2D eigenvalue weighted by Gasteiger charge is -2.16. The number of ether oxygens (including phenoxy) is 1. The Morgan fingerprint density at radius 1 is 1.25 bits per heavy atom. The van der Waals surface area contributed by atoms with Crippen LogP contribution in [0, 0.1) is 0 Å². The number of hydrazine groups is 1. The molecule has 1 saturated heterocycles. The van der Waals surface area contributed by atoms with Gasteiger partial charge in [-0.1, -0.05) is 26.0 Å².